The van der Waals surface area contributed by atoms with Gasteiger partial charge in [0.15, 0.2) is 0 Å². The van der Waals surface area contributed by atoms with Gasteiger partial charge in [0, 0.05) is 0 Å². The number of rotatable bonds is 1. The highest BCUT2D eigenvalue weighted by molar-refractivity contribution is 5.51. The maximum Gasteiger partial charge on any atom is 0.0595 e. The van der Waals surface area contributed by atoms with Gasteiger partial charge in [0.1, 0.15) is 0 Å². The normalized spacial score (nSPS) is 17.9. The summed E-state index contributed by atoms with van der Waals surface area (Å²) < 4.78 is 0. The van der Waals surface area contributed by atoms with Gasteiger partial charge in [0.25, 0.3) is 0 Å². The molecule has 1 aliphatic carbocycles. The fourth-order valence-corrected chi connectivity index (χ4v) is 0.384. The molecule has 1 heteroatoms. The van der Waals surface area contributed by atoms with E-state index in [4.69, 9.17) is 0 Å². The van der Waals surface area contributed by atoms with Crippen LogP contribution in [0, 0.1) is 0 Å². The van der Waals surface area contributed by atoms with Crippen molar-refractivity contribution in [3.63, 3.8) is 0 Å². The van der Waals surface area contributed by atoms with Crippen LogP contribution in [0.3, 0.4) is 0 Å². The Balaban J connectivity index is 2.30. The van der Waals surface area contributed by atoms with Crippen molar-refractivity contribution >= 4 is 5.87 Å². The van der Waals surface area contributed by atoms with Crippen LogP contribution in [0.4, 0.5) is 0 Å². The van der Waals surface area contributed by atoms with Gasteiger partial charge in [-0.25, -0.2) is 4.99 Å². The molecule has 0 aromatic heterocycles. The summed E-state index contributed by atoms with van der Waals surface area (Å²) in [5.41, 5.74) is 0. The Morgan fingerprint density at radius 3 is 2.86 bits per heavy atom. The predicted molar refractivity (Wildman–Crippen MR) is 30.7 cm³/mol. The third kappa shape index (κ3) is 1.56. The molecule has 0 aromatic rings. The monoisotopic (exact) mass is 95.1 g/mol. The molecule has 0 aliphatic heterocycles. The van der Waals surface area contributed by atoms with E-state index in [1.165, 1.54) is 12.8 Å². The lowest BCUT2D eigenvalue weighted by atomic mass is 10.7. The van der Waals surface area contributed by atoms with Gasteiger partial charge in [0.2, 0.25) is 0 Å². The summed E-state index contributed by atoms with van der Waals surface area (Å²) in [7, 11) is 0. The van der Waals surface area contributed by atoms with Gasteiger partial charge in [-0.1, -0.05) is 0 Å². The molecule has 0 saturated heterocycles. The van der Waals surface area contributed by atoms with Gasteiger partial charge < -0.3 is 0 Å². The molecule has 0 aromatic carbocycles. The second-order valence-electron chi connectivity index (χ2n) is 1.78. The average molecular weight is 95.1 g/mol. The van der Waals surface area contributed by atoms with Crippen molar-refractivity contribution in [1.82, 2.24) is 0 Å². The van der Waals surface area contributed by atoms with Gasteiger partial charge in [-0.3, -0.25) is 0 Å². The van der Waals surface area contributed by atoms with Crippen LogP contribution in [-0.2, 0) is 0 Å². The number of aliphatic imine (C=N–C) groups is 1. The standard InChI is InChI=1S/C6H9N/c1-2-5-7-6-3-4-6/h2,6H,3-4H2,1H3. The fraction of sp³-hybridized carbons (Fsp3) is 0.667. The zero-order chi connectivity index (χ0) is 5.11. The first kappa shape index (κ1) is 4.61. The van der Waals surface area contributed by atoms with Gasteiger partial charge >= 0.3 is 0 Å². The Labute approximate surface area is 43.8 Å². The van der Waals surface area contributed by atoms with Crippen molar-refractivity contribution in [1.29, 1.82) is 0 Å². The first-order valence-electron chi connectivity index (χ1n) is 2.66. The van der Waals surface area contributed by atoms with E-state index in [2.05, 4.69) is 10.9 Å². The van der Waals surface area contributed by atoms with Crippen molar-refractivity contribution in [2.45, 2.75) is 25.8 Å². The summed E-state index contributed by atoms with van der Waals surface area (Å²) >= 11 is 0. The van der Waals surface area contributed by atoms with Gasteiger partial charge in [-0.15, -0.1) is 0 Å². The molecule has 0 unspecified atom stereocenters. The summed E-state index contributed by atoms with van der Waals surface area (Å²) in [5, 5.41) is 0. The molecule has 0 heterocycles. The van der Waals surface area contributed by atoms with E-state index in [9.17, 15) is 0 Å². The van der Waals surface area contributed by atoms with Crippen molar-refractivity contribution in [2.75, 3.05) is 0 Å². The first-order chi connectivity index (χ1) is 3.43. The largest absolute Gasteiger partial charge is 0.240 e. The third-order valence-electron chi connectivity index (χ3n) is 0.933. The lowest BCUT2D eigenvalue weighted by Crippen LogP contribution is -1.66. The van der Waals surface area contributed by atoms with Gasteiger partial charge in [0.05, 0.1) is 6.04 Å². The highest BCUT2D eigenvalue weighted by atomic mass is 14.8. The minimum atomic E-state index is 0.635. The summed E-state index contributed by atoms with van der Waals surface area (Å²) in [6.07, 6.45) is 4.40. The van der Waals surface area contributed by atoms with Gasteiger partial charge in [-0.05, 0) is 31.7 Å². The van der Waals surface area contributed by atoms with E-state index in [-0.39, 0.29) is 0 Å². The zero-order valence-electron chi connectivity index (χ0n) is 4.52. The van der Waals surface area contributed by atoms with E-state index >= 15 is 0 Å². The number of hydrogen-bond acceptors (Lipinski definition) is 1. The van der Waals surface area contributed by atoms with Crippen LogP contribution in [0.15, 0.2) is 11.1 Å². The summed E-state index contributed by atoms with van der Waals surface area (Å²) in [6.45, 7) is 1.94. The maximum atomic E-state index is 4.05. The lowest BCUT2D eigenvalue weighted by Gasteiger charge is -1.68. The smallest absolute Gasteiger partial charge is 0.0595 e. The molecule has 7 heavy (non-hydrogen) atoms. The van der Waals surface area contributed by atoms with Crippen molar-refractivity contribution in [3.8, 4) is 0 Å². The van der Waals surface area contributed by atoms with Gasteiger partial charge in [-0.2, -0.15) is 0 Å². The second-order valence-corrected chi connectivity index (χ2v) is 1.78. The molecular formula is C6H9N. The molecular weight excluding hydrogens is 86.1 g/mol. The second kappa shape index (κ2) is 1.94. The van der Waals surface area contributed by atoms with Crippen LogP contribution in [0.1, 0.15) is 19.8 Å². The number of nitrogens with zero attached hydrogens (tertiary/aromatic N) is 1. The molecule has 0 N–H and O–H groups in total. The Morgan fingerprint density at radius 1 is 1.71 bits per heavy atom. The van der Waals surface area contributed by atoms with Crippen LogP contribution < -0.4 is 0 Å². The predicted octanol–water partition coefficient (Wildman–Crippen LogP) is 1.39. The van der Waals surface area contributed by atoms with E-state index in [1.807, 2.05) is 13.0 Å². The summed E-state index contributed by atoms with van der Waals surface area (Å²) in [5.74, 6) is 2.81. The van der Waals surface area contributed by atoms with Crippen LogP contribution in [0.5, 0.6) is 0 Å². The molecule has 1 saturated carbocycles. The molecule has 0 atom stereocenters. The van der Waals surface area contributed by atoms with Crippen molar-refractivity contribution in [3.05, 3.63) is 6.08 Å². The molecule has 0 bridgehead atoms. The molecule has 1 aliphatic rings. The molecule has 0 spiro atoms. The van der Waals surface area contributed by atoms with E-state index in [1.54, 1.807) is 0 Å². The SMILES string of the molecule is CC=C=NC1CC1. The molecule has 0 radical (unpaired) electrons. The van der Waals surface area contributed by atoms with Crippen LogP contribution in [-0.4, -0.2) is 11.9 Å². The van der Waals surface area contributed by atoms with Crippen molar-refractivity contribution < 1.29 is 0 Å². The molecule has 1 fully saturated rings. The van der Waals surface area contributed by atoms with E-state index in [0.29, 0.717) is 6.04 Å². The zero-order valence-corrected chi connectivity index (χ0v) is 4.52. The minimum absolute atomic E-state index is 0.635. The van der Waals surface area contributed by atoms with Crippen molar-refractivity contribution in [2.24, 2.45) is 4.99 Å². The van der Waals surface area contributed by atoms with E-state index in [0.717, 1.165) is 0 Å². The van der Waals surface area contributed by atoms with Crippen LogP contribution in [0.2, 0.25) is 0 Å². The Kier molecular flexibility index (Phi) is 1.28. The van der Waals surface area contributed by atoms with E-state index < -0.39 is 0 Å². The maximum absolute atomic E-state index is 4.05. The highest BCUT2D eigenvalue weighted by Crippen LogP contribution is 2.22. The van der Waals surface area contributed by atoms with Crippen LogP contribution >= 0.6 is 0 Å². The number of hydrogen-bond donors (Lipinski definition) is 0. The summed E-state index contributed by atoms with van der Waals surface area (Å²) in [6, 6.07) is 0.635. The Bertz CT molecular complexity index is 105. The highest BCUT2D eigenvalue weighted by Gasteiger charge is 2.18. The number of allylic oxidation sites excluding steroid dienone is 1. The van der Waals surface area contributed by atoms with Crippen LogP contribution in [0.25, 0.3) is 0 Å². The topological polar surface area (TPSA) is 12.4 Å². The Hall–Kier alpha value is -0.550. The molecule has 1 rings (SSSR count). The summed E-state index contributed by atoms with van der Waals surface area (Å²) in [4.78, 5) is 4.05. The minimum Gasteiger partial charge on any atom is -0.240 e. The fourth-order valence-electron chi connectivity index (χ4n) is 0.384. The average Bonchev–Trinajstić information content (AvgIpc) is 2.42. The lowest BCUT2D eigenvalue weighted by molar-refractivity contribution is 1.08. The first-order valence-corrected chi connectivity index (χ1v) is 2.66. The quantitative estimate of drug-likeness (QED) is 0.436. The molecule has 38 valence electrons. The third-order valence-corrected chi connectivity index (χ3v) is 0.933. The molecule has 1 nitrogen and oxygen atoms in total. The Morgan fingerprint density at radius 2 is 2.43 bits per heavy atom. The molecule has 0 amide bonds.